The van der Waals surface area contributed by atoms with Gasteiger partial charge in [-0.15, -0.1) is 11.3 Å². The molecule has 1 heterocycles. The van der Waals surface area contributed by atoms with Gasteiger partial charge in [-0.1, -0.05) is 0 Å². The highest BCUT2D eigenvalue weighted by atomic mass is 32.1. The zero-order chi connectivity index (χ0) is 15.1. The number of rotatable bonds is 7. The molecule has 2 N–H and O–H groups in total. The van der Waals surface area contributed by atoms with Crippen LogP contribution in [0.1, 0.15) is 40.9 Å². The number of ether oxygens (including phenoxy) is 2. The summed E-state index contributed by atoms with van der Waals surface area (Å²) in [4.78, 5) is 23.4. The molecule has 0 aromatic carbocycles. The SMILES string of the molecule is CCOC(=O)CC(O)C(O)c1ccc(C(=O)OCC)s1. The van der Waals surface area contributed by atoms with Gasteiger partial charge in [-0.3, -0.25) is 4.79 Å². The highest BCUT2D eigenvalue weighted by Crippen LogP contribution is 2.27. The molecule has 0 saturated heterocycles. The number of aliphatic hydroxyl groups is 2. The molecule has 2 unspecified atom stereocenters. The zero-order valence-corrected chi connectivity index (χ0v) is 12.2. The molecule has 1 rings (SSSR count). The van der Waals surface area contributed by atoms with Crippen LogP contribution < -0.4 is 0 Å². The summed E-state index contributed by atoms with van der Waals surface area (Å²) in [6, 6.07) is 3.04. The van der Waals surface area contributed by atoms with Crippen LogP contribution in [0.15, 0.2) is 12.1 Å². The molecule has 1 aromatic rings. The number of thiophene rings is 1. The molecule has 1 aromatic heterocycles. The third-order valence-corrected chi connectivity index (χ3v) is 3.58. The normalized spacial score (nSPS) is 13.6. The Kier molecular flexibility index (Phi) is 6.63. The first-order chi connectivity index (χ1) is 9.49. The molecule has 6 nitrogen and oxygen atoms in total. The average Bonchev–Trinajstić information content (AvgIpc) is 2.87. The molecule has 2 atom stereocenters. The summed E-state index contributed by atoms with van der Waals surface area (Å²) in [7, 11) is 0. The zero-order valence-electron chi connectivity index (χ0n) is 11.4. The third-order valence-electron chi connectivity index (χ3n) is 2.44. The summed E-state index contributed by atoms with van der Waals surface area (Å²) in [6.07, 6.45) is -2.82. The maximum absolute atomic E-state index is 11.5. The van der Waals surface area contributed by atoms with Crippen molar-refractivity contribution < 1.29 is 29.3 Å². The number of hydrogen-bond acceptors (Lipinski definition) is 7. The summed E-state index contributed by atoms with van der Waals surface area (Å²) in [6.45, 7) is 3.84. The van der Waals surface area contributed by atoms with Crippen molar-refractivity contribution in [3.05, 3.63) is 21.9 Å². The predicted octanol–water partition coefficient (Wildman–Crippen LogP) is 1.27. The molecule has 7 heteroatoms. The van der Waals surface area contributed by atoms with Gasteiger partial charge in [0.2, 0.25) is 0 Å². The maximum Gasteiger partial charge on any atom is 0.348 e. The van der Waals surface area contributed by atoms with Crippen molar-refractivity contribution in [1.29, 1.82) is 0 Å². The van der Waals surface area contributed by atoms with Crippen LogP contribution in [0.4, 0.5) is 0 Å². The lowest BCUT2D eigenvalue weighted by Gasteiger charge is -2.15. The van der Waals surface area contributed by atoms with Crippen LogP contribution in [-0.4, -0.2) is 41.5 Å². The first kappa shape index (κ1) is 16.6. The molecule has 0 spiro atoms. The minimum atomic E-state index is -1.28. The highest BCUT2D eigenvalue weighted by Gasteiger charge is 2.24. The maximum atomic E-state index is 11.5. The summed E-state index contributed by atoms with van der Waals surface area (Å²) in [5.41, 5.74) is 0. The van der Waals surface area contributed by atoms with E-state index in [0.29, 0.717) is 9.75 Å². The predicted molar refractivity (Wildman–Crippen MR) is 72.5 cm³/mol. The van der Waals surface area contributed by atoms with Gasteiger partial charge in [-0.2, -0.15) is 0 Å². The molecule has 0 saturated carbocycles. The first-order valence-corrected chi connectivity index (χ1v) is 7.09. The van der Waals surface area contributed by atoms with E-state index in [1.165, 1.54) is 12.1 Å². The van der Waals surface area contributed by atoms with E-state index in [0.717, 1.165) is 11.3 Å². The molecule has 112 valence electrons. The molecule has 0 fully saturated rings. The van der Waals surface area contributed by atoms with Gasteiger partial charge in [-0.25, -0.2) is 4.79 Å². The second-order valence-corrected chi connectivity index (χ2v) is 5.06. The number of esters is 2. The second kappa shape index (κ2) is 7.98. The van der Waals surface area contributed by atoms with E-state index in [2.05, 4.69) is 0 Å². The number of carbonyl (C=O) groups excluding carboxylic acids is 2. The molecule has 0 amide bonds. The molecule has 20 heavy (non-hydrogen) atoms. The van der Waals surface area contributed by atoms with E-state index in [4.69, 9.17) is 9.47 Å². The van der Waals surface area contributed by atoms with Crippen molar-refractivity contribution >= 4 is 23.3 Å². The largest absolute Gasteiger partial charge is 0.466 e. The fourth-order valence-corrected chi connectivity index (χ4v) is 2.46. The molecule has 0 radical (unpaired) electrons. The van der Waals surface area contributed by atoms with Gasteiger partial charge < -0.3 is 19.7 Å². The van der Waals surface area contributed by atoms with Crippen molar-refractivity contribution in [2.45, 2.75) is 32.5 Å². The topological polar surface area (TPSA) is 93.1 Å². The van der Waals surface area contributed by atoms with E-state index < -0.39 is 24.1 Å². The third kappa shape index (κ3) is 4.59. The minimum Gasteiger partial charge on any atom is -0.466 e. The van der Waals surface area contributed by atoms with Gasteiger partial charge >= 0.3 is 11.9 Å². The molecule has 0 aliphatic heterocycles. The van der Waals surface area contributed by atoms with Crippen LogP contribution in [0, 0.1) is 0 Å². The van der Waals surface area contributed by atoms with Crippen LogP contribution in [0.25, 0.3) is 0 Å². The van der Waals surface area contributed by atoms with Gasteiger partial charge in [0.05, 0.1) is 25.7 Å². The molecule has 0 aliphatic rings. The van der Waals surface area contributed by atoms with Crippen molar-refractivity contribution in [3.8, 4) is 0 Å². The van der Waals surface area contributed by atoms with E-state index in [9.17, 15) is 19.8 Å². The summed E-state index contributed by atoms with van der Waals surface area (Å²) >= 11 is 1.02. The Labute approximate surface area is 120 Å². The Bertz CT molecular complexity index is 455. The monoisotopic (exact) mass is 302 g/mol. The summed E-state index contributed by atoms with van der Waals surface area (Å²) in [5.74, 6) is -1.06. The van der Waals surface area contributed by atoms with Crippen LogP contribution >= 0.6 is 11.3 Å². The Balaban J connectivity index is 2.65. The fraction of sp³-hybridized carbons (Fsp3) is 0.538. The van der Waals surface area contributed by atoms with E-state index in [1.54, 1.807) is 13.8 Å². The Hall–Kier alpha value is -1.44. The molecule has 0 aliphatic carbocycles. The van der Waals surface area contributed by atoms with Crippen molar-refractivity contribution in [2.24, 2.45) is 0 Å². The van der Waals surface area contributed by atoms with Gasteiger partial charge in [0, 0.05) is 4.88 Å². The van der Waals surface area contributed by atoms with Crippen molar-refractivity contribution in [3.63, 3.8) is 0 Å². The lowest BCUT2D eigenvalue weighted by atomic mass is 10.1. The number of aliphatic hydroxyl groups excluding tert-OH is 2. The second-order valence-electron chi connectivity index (χ2n) is 3.94. The van der Waals surface area contributed by atoms with Crippen LogP contribution in [0.5, 0.6) is 0 Å². The van der Waals surface area contributed by atoms with Gasteiger partial charge in [0.1, 0.15) is 11.0 Å². The Morgan fingerprint density at radius 2 is 1.85 bits per heavy atom. The number of hydrogen-bond donors (Lipinski definition) is 2. The van der Waals surface area contributed by atoms with E-state index >= 15 is 0 Å². The van der Waals surface area contributed by atoms with Gasteiger partial charge in [0.25, 0.3) is 0 Å². The summed E-state index contributed by atoms with van der Waals surface area (Å²) in [5, 5.41) is 19.7. The van der Waals surface area contributed by atoms with Crippen molar-refractivity contribution in [2.75, 3.05) is 13.2 Å². The van der Waals surface area contributed by atoms with E-state index in [-0.39, 0.29) is 19.6 Å². The molecule has 0 bridgehead atoms. The lowest BCUT2D eigenvalue weighted by molar-refractivity contribution is -0.147. The standard InChI is InChI=1S/C13H18O6S/c1-3-18-11(15)7-8(14)12(16)9-5-6-10(20-9)13(17)19-4-2/h5-6,8,12,14,16H,3-4,7H2,1-2H3. The van der Waals surface area contributed by atoms with Crippen molar-refractivity contribution in [1.82, 2.24) is 0 Å². The average molecular weight is 302 g/mol. The van der Waals surface area contributed by atoms with Crippen LogP contribution in [-0.2, 0) is 14.3 Å². The van der Waals surface area contributed by atoms with Gasteiger partial charge in [-0.05, 0) is 26.0 Å². The molecular formula is C13H18O6S. The first-order valence-electron chi connectivity index (χ1n) is 6.28. The van der Waals surface area contributed by atoms with E-state index in [1.807, 2.05) is 0 Å². The lowest BCUT2D eigenvalue weighted by Crippen LogP contribution is -2.22. The quantitative estimate of drug-likeness (QED) is 0.737. The Morgan fingerprint density at radius 1 is 1.20 bits per heavy atom. The van der Waals surface area contributed by atoms with Crippen LogP contribution in [0.2, 0.25) is 0 Å². The van der Waals surface area contributed by atoms with Gasteiger partial charge in [0.15, 0.2) is 0 Å². The smallest absolute Gasteiger partial charge is 0.348 e. The highest BCUT2D eigenvalue weighted by molar-refractivity contribution is 7.14. The Morgan fingerprint density at radius 3 is 2.45 bits per heavy atom. The minimum absolute atomic E-state index is 0.216. The molecular weight excluding hydrogens is 284 g/mol. The fourth-order valence-electron chi connectivity index (χ4n) is 1.52. The summed E-state index contributed by atoms with van der Waals surface area (Å²) < 4.78 is 9.52. The number of carbonyl (C=O) groups is 2. The van der Waals surface area contributed by atoms with Crippen LogP contribution in [0.3, 0.4) is 0 Å².